The second-order valence-electron chi connectivity index (χ2n) is 6.13. The van der Waals surface area contributed by atoms with Gasteiger partial charge in [0.05, 0.1) is 41.6 Å². The molecule has 0 aliphatic carbocycles. The van der Waals surface area contributed by atoms with Crippen molar-refractivity contribution >= 4 is 11.6 Å². The topological polar surface area (TPSA) is 66.8 Å². The summed E-state index contributed by atoms with van der Waals surface area (Å²) in [5.41, 5.74) is 1.31. The van der Waals surface area contributed by atoms with Crippen LogP contribution in [0.15, 0.2) is 43.0 Å². The predicted octanol–water partition coefficient (Wildman–Crippen LogP) is 3.51. The number of nitrogens with one attached hydrogen (secondary N) is 1. The van der Waals surface area contributed by atoms with Gasteiger partial charge in [0.2, 0.25) is 0 Å². The molecule has 6 nitrogen and oxygen atoms in total. The van der Waals surface area contributed by atoms with Crippen molar-refractivity contribution in [1.82, 2.24) is 19.7 Å². The molecule has 0 spiro atoms. The summed E-state index contributed by atoms with van der Waals surface area (Å²) in [5, 5.41) is 4.29. The number of benzene rings is 1. The number of fused-ring (bicyclic) bond motifs is 1. The fourth-order valence-electron chi connectivity index (χ4n) is 3.12. The number of H-pyrrole nitrogens is 1. The molecule has 0 saturated carbocycles. The Bertz CT molecular complexity index is 944. The van der Waals surface area contributed by atoms with Crippen LogP contribution in [0.4, 0.5) is 18.9 Å². The Morgan fingerprint density at radius 3 is 2.54 bits per heavy atom. The van der Waals surface area contributed by atoms with E-state index in [-0.39, 0.29) is 11.9 Å². The molecule has 1 aliphatic rings. The van der Waals surface area contributed by atoms with E-state index < -0.39 is 11.7 Å². The van der Waals surface area contributed by atoms with E-state index in [4.69, 9.17) is 0 Å². The third-order valence-corrected chi connectivity index (χ3v) is 4.40. The van der Waals surface area contributed by atoms with E-state index in [2.05, 4.69) is 15.1 Å². The van der Waals surface area contributed by atoms with Crippen molar-refractivity contribution in [2.75, 3.05) is 11.4 Å². The standard InChI is InChI=1S/C17H14F3N5O/c1-10-8-24(12-4-2-11(3-5-12)17(18,19)20)16(26)15-13(6-23-25(10)15)14-7-21-9-22-14/h2-7,9-10H,8H2,1H3,(H,21,22). The number of hydrogen-bond donors (Lipinski definition) is 1. The third-order valence-electron chi connectivity index (χ3n) is 4.40. The first-order valence-electron chi connectivity index (χ1n) is 7.91. The number of aromatic nitrogens is 4. The zero-order valence-electron chi connectivity index (χ0n) is 13.7. The van der Waals surface area contributed by atoms with Crippen LogP contribution in [0.25, 0.3) is 11.3 Å². The molecule has 9 heteroatoms. The van der Waals surface area contributed by atoms with Crippen molar-refractivity contribution in [3.8, 4) is 11.3 Å². The maximum absolute atomic E-state index is 13.0. The molecule has 1 unspecified atom stereocenters. The first kappa shape index (κ1) is 16.4. The summed E-state index contributed by atoms with van der Waals surface area (Å²) < 4.78 is 39.9. The molecule has 0 bridgehead atoms. The number of amides is 1. The van der Waals surface area contributed by atoms with E-state index in [0.717, 1.165) is 12.1 Å². The van der Waals surface area contributed by atoms with E-state index in [1.54, 1.807) is 17.1 Å². The number of aromatic amines is 1. The van der Waals surface area contributed by atoms with Gasteiger partial charge in [-0.2, -0.15) is 18.3 Å². The lowest BCUT2D eigenvalue weighted by atomic mass is 10.1. The summed E-state index contributed by atoms with van der Waals surface area (Å²) in [7, 11) is 0. The lowest BCUT2D eigenvalue weighted by Gasteiger charge is -2.32. The van der Waals surface area contributed by atoms with Crippen molar-refractivity contribution in [3.63, 3.8) is 0 Å². The van der Waals surface area contributed by atoms with Crippen molar-refractivity contribution < 1.29 is 18.0 Å². The van der Waals surface area contributed by atoms with E-state index in [1.807, 2.05) is 6.92 Å². The molecule has 1 aliphatic heterocycles. The number of carbonyl (C=O) groups excluding carboxylic acids is 1. The molecule has 1 atom stereocenters. The van der Waals surface area contributed by atoms with Crippen LogP contribution in [0.1, 0.15) is 29.0 Å². The minimum atomic E-state index is -4.41. The number of carbonyl (C=O) groups is 1. The number of alkyl halides is 3. The van der Waals surface area contributed by atoms with E-state index in [9.17, 15) is 18.0 Å². The largest absolute Gasteiger partial charge is 0.416 e. The Labute approximate surface area is 146 Å². The molecule has 1 amide bonds. The monoisotopic (exact) mass is 361 g/mol. The maximum Gasteiger partial charge on any atom is 0.416 e. The molecule has 4 rings (SSSR count). The Morgan fingerprint density at radius 2 is 1.92 bits per heavy atom. The molecule has 134 valence electrons. The summed E-state index contributed by atoms with van der Waals surface area (Å²) in [6.45, 7) is 2.22. The summed E-state index contributed by atoms with van der Waals surface area (Å²) >= 11 is 0. The van der Waals surface area contributed by atoms with Crippen LogP contribution < -0.4 is 4.90 Å². The highest BCUT2D eigenvalue weighted by Gasteiger charge is 2.35. The van der Waals surface area contributed by atoms with Gasteiger partial charge >= 0.3 is 6.18 Å². The average molecular weight is 361 g/mol. The van der Waals surface area contributed by atoms with Crippen LogP contribution in [0.5, 0.6) is 0 Å². The van der Waals surface area contributed by atoms with Crippen LogP contribution in [-0.2, 0) is 6.18 Å². The first-order chi connectivity index (χ1) is 12.4. The second kappa shape index (κ2) is 5.72. The first-order valence-corrected chi connectivity index (χ1v) is 7.91. The minimum absolute atomic E-state index is 0.123. The van der Waals surface area contributed by atoms with Crippen molar-refractivity contribution in [3.05, 3.63) is 54.2 Å². The van der Waals surface area contributed by atoms with E-state index >= 15 is 0 Å². The minimum Gasteiger partial charge on any atom is -0.345 e. The highest BCUT2D eigenvalue weighted by molar-refractivity contribution is 6.09. The molecular formula is C17H14F3N5O. The Kier molecular flexibility index (Phi) is 3.60. The molecule has 1 aromatic carbocycles. The van der Waals surface area contributed by atoms with Gasteiger partial charge in [0.15, 0.2) is 0 Å². The fourth-order valence-corrected chi connectivity index (χ4v) is 3.12. The number of nitrogens with zero attached hydrogens (tertiary/aromatic N) is 4. The summed E-state index contributed by atoms with van der Waals surface area (Å²) in [5.74, 6) is -0.315. The maximum atomic E-state index is 13.0. The second-order valence-corrected chi connectivity index (χ2v) is 6.13. The highest BCUT2D eigenvalue weighted by atomic mass is 19.4. The third kappa shape index (κ3) is 2.56. The lowest BCUT2D eigenvalue weighted by Crippen LogP contribution is -2.42. The van der Waals surface area contributed by atoms with Crippen LogP contribution in [0, 0.1) is 0 Å². The van der Waals surface area contributed by atoms with Gasteiger partial charge in [0.25, 0.3) is 5.91 Å². The van der Waals surface area contributed by atoms with Crippen LogP contribution >= 0.6 is 0 Å². The Hall–Kier alpha value is -3.10. The van der Waals surface area contributed by atoms with Crippen LogP contribution in [0.3, 0.4) is 0 Å². The van der Waals surface area contributed by atoms with Gasteiger partial charge in [-0.05, 0) is 31.2 Å². The fraction of sp³-hybridized carbons (Fsp3) is 0.235. The number of rotatable bonds is 2. The molecule has 2 aromatic heterocycles. The molecule has 3 heterocycles. The average Bonchev–Trinajstić information content (AvgIpc) is 3.26. The zero-order chi connectivity index (χ0) is 18.5. The molecule has 1 N–H and O–H groups in total. The van der Waals surface area contributed by atoms with E-state index in [0.29, 0.717) is 29.2 Å². The Balaban J connectivity index is 1.73. The Morgan fingerprint density at radius 1 is 1.19 bits per heavy atom. The quantitative estimate of drug-likeness (QED) is 0.760. The molecule has 0 fully saturated rings. The van der Waals surface area contributed by atoms with E-state index in [1.165, 1.54) is 23.4 Å². The number of halogens is 3. The van der Waals surface area contributed by atoms with Crippen molar-refractivity contribution in [2.24, 2.45) is 0 Å². The molecular weight excluding hydrogens is 347 g/mol. The summed E-state index contributed by atoms with van der Waals surface area (Å²) in [6.07, 6.45) is 0.272. The van der Waals surface area contributed by atoms with Gasteiger partial charge < -0.3 is 9.88 Å². The van der Waals surface area contributed by atoms with Gasteiger partial charge in [0, 0.05) is 12.2 Å². The summed E-state index contributed by atoms with van der Waals surface area (Å²) in [6, 6.07) is 4.47. The predicted molar refractivity (Wildman–Crippen MR) is 87.6 cm³/mol. The molecule has 0 saturated heterocycles. The van der Waals surface area contributed by atoms with Crippen LogP contribution in [-0.4, -0.2) is 32.2 Å². The van der Waals surface area contributed by atoms with Crippen molar-refractivity contribution in [1.29, 1.82) is 0 Å². The molecule has 26 heavy (non-hydrogen) atoms. The normalized spacial score (nSPS) is 17.5. The smallest absolute Gasteiger partial charge is 0.345 e. The molecule has 3 aromatic rings. The number of hydrogen-bond acceptors (Lipinski definition) is 3. The molecule has 0 radical (unpaired) electrons. The zero-order valence-corrected chi connectivity index (χ0v) is 13.7. The highest BCUT2D eigenvalue weighted by Crippen LogP contribution is 2.34. The number of anilines is 1. The van der Waals surface area contributed by atoms with Gasteiger partial charge in [-0.3, -0.25) is 9.48 Å². The lowest BCUT2D eigenvalue weighted by molar-refractivity contribution is -0.137. The van der Waals surface area contributed by atoms with Gasteiger partial charge in [-0.25, -0.2) is 4.98 Å². The summed E-state index contributed by atoms with van der Waals surface area (Å²) in [4.78, 5) is 21.4. The van der Waals surface area contributed by atoms with Crippen molar-refractivity contribution in [2.45, 2.75) is 19.1 Å². The number of imidazole rings is 1. The van der Waals surface area contributed by atoms with Gasteiger partial charge in [-0.15, -0.1) is 0 Å². The SMILES string of the molecule is CC1CN(c2ccc(C(F)(F)F)cc2)C(=O)c2c(-c3cnc[nH]3)cnn21. The van der Waals surface area contributed by atoms with Crippen LogP contribution in [0.2, 0.25) is 0 Å². The van der Waals surface area contributed by atoms with Gasteiger partial charge in [-0.1, -0.05) is 0 Å². The van der Waals surface area contributed by atoms with Gasteiger partial charge in [0.1, 0.15) is 5.69 Å².